The highest BCUT2D eigenvalue weighted by atomic mass is 19.1. The van der Waals surface area contributed by atoms with Crippen molar-refractivity contribution in [1.82, 2.24) is 5.32 Å². The first-order valence-electron chi connectivity index (χ1n) is 7.29. The second kappa shape index (κ2) is 5.49. The minimum Gasteiger partial charge on any atom is -0.485 e. The Balaban J connectivity index is 2.01. The summed E-state index contributed by atoms with van der Waals surface area (Å²) in [7, 11) is 1.91. The SMILES string of the molecule is CNC1CC(c2cccc(C)c2C)Oc2ccc(F)cc21. The molecule has 0 radical (unpaired) electrons. The van der Waals surface area contributed by atoms with Gasteiger partial charge in [0.25, 0.3) is 0 Å². The molecular weight excluding hydrogens is 265 g/mol. The number of aryl methyl sites for hydroxylation is 1. The van der Waals surface area contributed by atoms with Gasteiger partial charge in [-0.05, 0) is 55.8 Å². The van der Waals surface area contributed by atoms with Gasteiger partial charge in [-0.3, -0.25) is 0 Å². The van der Waals surface area contributed by atoms with Gasteiger partial charge in [0.2, 0.25) is 0 Å². The Morgan fingerprint density at radius 3 is 2.71 bits per heavy atom. The maximum absolute atomic E-state index is 13.5. The normalized spacial score (nSPS) is 20.8. The molecule has 2 aromatic rings. The monoisotopic (exact) mass is 285 g/mol. The number of benzene rings is 2. The maximum Gasteiger partial charge on any atom is 0.126 e. The summed E-state index contributed by atoms with van der Waals surface area (Å²) < 4.78 is 19.6. The van der Waals surface area contributed by atoms with E-state index < -0.39 is 0 Å². The number of ether oxygens (including phenoxy) is 1. The summed E-state index contributed by atoms with van der Waals surface area (Å²) in [6, 6.07) is 11.2. The van der Waals surface area contributed by atoms with Gasteiger partial charge in [-0.2, -0.15) is 0 Å². The van der Waals surface area contributed by atoms with Crippen molar-refractivity contribution in [3.63, 3.8) is 0 Å². The van der Waals surface area contributed by atoms with Gasteiger partial charge in [0, 0.05) is 18.0 Å². The topological polar surface area (TPSA) is 21.3 Å². The molecule has 3 rings (SSSR count). The molecule has 0 fully saturated rings. The summed E-state index contributed by atoms with van der Waals surface area (Å²) in [5.41, 5.74) is 4.65. The highest BCUT2D eigenvalue weighted by Crippen LogP contribution is 2.41. The number of fused-ring (bicyclic) bond motifs is 1. The van der Waals surface area contributed by atoms with Crippen LogP contribution in [0.3, 0.4) is 0 Å². The van der Waals surface area contributed by atoms with Crippen molar-refractivity contribution in [2.45, 2.75) is 32.4 Å². The second-order valence-electron chi connectivity index (χ2n) is 5.65. The zero-order valence-corrected chi connectivity index (χ0v) is 12.6. The molecule has 0 aliphatic carbocycles. The van der Waals surface area contributed by atoms with Crippen molar-refractivity contribution in [3.8, 4) is 5.75 Å². The lowest BCUT2D eigenvalue weighted by atomic mass is 9.90. The lowest BCUT2D eigenvalue weighted by molar-refractivity contribution is 0.153. The van der Waals surface area contributed by atoms with Crippen molar-refractivity contribution in [2.24, 2.45) is 0 Å². The van der Waals surface area contributed by atoms with Crippen LogP contribution in [0.2, 0.25) is 0 Å². The van der Waals surface area contributed by atoms with Crippen molar-refractivity contribution in [3.05, 3.63) is 64.5 Å². The number of halogens is 1. The Bertz CT molecular complexity index is 668. The van der Waals surface area contributed by atoms with E-state index in [9.17, 15) is 4.39 Å². The molecule has 2 aromatic carbocycles. The largest absolute Gasteiger partial charge is 0.485 e. The summed E-state index contributed by atoms with van der Waals surface area (Å²) in [5.74, 6) is 0.552. The average molecular weight is 285 g/mol. The van der Waals surface area contributed by atoms with Crippen LogP contribution in [-0.4, -0.2) is 7.05 Å². The molecule has 2 unspecified atom stereocenters. The van der Waals surface area contributed by atoms with E-state index in [2.05, 4.69) is 37.4 Å². The third-order valence-electron chi connectivity index (χ3n) is 4.41. The van der Waals surface area contributed by atoms with Crippen LogP contribution < -0.4 is 10.1 Å². The fourth-order valence-corrected chi connectivity index (χ4v) is 3.03. The van der Waals surface area contributed by atoms with Crippen LogP contribution >= 0.6 is 0 Å². The van der Waals surface area contributed by atoms with Gasteiger partial charge < -0.3 is 10.1 Å². The number of hydrogen-bond acceptors (Lipinski definition) is 2. The van der Waals surface area contributed by atoms with Crippen LogP contribution in [0.5, 0.6) is 5.75 Å². The molecule has 0 spiro atoms. The average Bonchev–Trinajstić information content (AvgIpc) is 2.49. The molecular formula is C18H20FNO. The molecule has 1 heterocycles. The number of rotatable bonds is 2. The zero-order valence-electron chi connectivity index (χ0n) is 12.6. The van der Waals surface area contributed by atoms with Crippen LogP contribution in [0, 0.1) is 19.7 Å². The lowest BCUT2D eigenvalue weighted by Crippen LogP contribution is -2.27. The second-order valence-corrected chi connectivity index (χ2v) is 5.65. The van der Waals surface area contributed by atoms with E-state index in [0.29, 0.717) is 0 Å². The van der Waals surface area contributed by atoms with E-state index in [0.717, 1.165) is 17.7 Å². The number of hydrogen-bond donors (Lipinski definition) is 1. The first-order chi connectivity index (χ1) is 10.1. The Morgan fingerprint density at radius 2 is 1.95 bits per heavy atom. The molecule has 1 aliphatic rings. The smallest absolute Gasteiger partial charge is 0.126 e. The lowest BCUT2D eigenvalue weighted by Gasteiger charge is -2.33. The summed E-state index contributed by atoms with van der Waals surface area (Å²) in [5, 5.41) is 3.27. The van der Waals surface area contributed by atoms with Crippen LogP contribution in [-0.2, 0) is 0 Å². The van der Waals surface area contributed by atoms with E-state index in [1.165, 1.54) is 22.8 Å². The maximum atomic E-state index is 13.5. The predicted molar refractivity (Wildman–Crippen MR) is 82.1 cm³/mol. The Kier molecular flexibility index (Phi) is 3.68. The van der Waals surface area contributed by atoms with E-state index in [4.69, 9.17) is 4.74 Å². The van der Waals surface area contributed by atoms with Gasteiger partial charge in [0.1, 0.15) is 17.7 Å². The highest BCUT2D eigenvalue weighted by molar-refractivity contribution is 5.42. The first-order valence-corrected chi connectivity index (χ1v) is 7.29. The van der Waals surface area contributed by atoms with Gasteiger partial charge in [0.15, 0.2) is 0 Å². The highest BCUT2D eigenvalue weighted by Gasteiger charge is 2.29. The van der Waals surface area contributed by atoms with Gasteiger partial charge in [-0.15, -0.1) is 0 Å². The van der Waals surface area contributed by atoms with Crippen molar-refractivity contribution >= 4 is 0 Å². The van der Waals surface area contributed by atoms with Crippen LogP contribution in [0.4, 0.5) is 4.39 Å². The molecule has 21 heavy (non-hydrogen) atoms. The molecule has 1 N–H and O–H groups in total. The number of nitrogens with one attached hydrogen (secondary N) is 1. The molecule has 0 bridgehead atoms. The van der Waals surface area contributed by atoms with E-state index >= 15 is 0 Å². The van der Waals surface area contributed by atoms with Crippen molar-refractivity contribution < 1.29 is 9.13 Å². The molecule has 0 saturated carbocycles. The van der Waals surface area contributed by atoms with E-state index in [1.54, 1.807) is 12.1 Å². The van der Waals surface area contributed by atoms with Gasteiger partial charge in [-0.1, -0.05) is 18.2 Å². The molecule has 0 saturated heterocycles. The molecule has 3 heteroatoms. The third kappa shape index (κ3) is 2.54. The fourth-order valence-electron chi connectivity index (χ4n) is 3.03. The Labute approximate surface area is 125 Å². The minimum atomic E-state index is -0.220. The third-order valence-corrected chi connectivity index (χ3v) is 4.41. The summed E-state index contributed by atoms with van der Waals surface area (Å²) >= 11 is 0. The van der Waals surface area contributed by atoms with E-state index in [-0.39, 0.29) is 18.0 Å². The van der Waals surface area contributed by atoms with Crippen LogP contribution in [0.25, 0.3) is 0 Å². The van der Waals surface area contributed by atoms with Gasteiger partial charge in [-0.25, -0.2) is 4.39 Å². The minimum absolute atomic E-state index is 0.000288. The Hall–Kier alpha value is -1.87. The summed E-state index contributed by atoms with van der Waals surface area (Å²) in [6.07, 6.45) is 0.803. The van der Waals surface area contributed by atoms with Crippen molar-refractivity contribution in [2.75, 3.05) is 7.05 Å². The Morgan fingerprint density at radius 1 is 1.14 bits per heavy atom. The quantitative estimate of drug-likeness (QED) is 0.891. The predicted octanol–water partition coefficient (Wildman–Crippen LogP) is 4.23. The molecule has 0 aromatic heterocycles. The summed E-state index contributed by atoms with van der Waals surface area (Å²) in [6.45, 7) is 4.24. The molecule has 1 aliphatic heterocycles. The first kappa shape index (κ1) is 14.1. The zero-order chi connectivity index (χ0) is 15.0. The molecule has 110 valence electrons. The van der Waals surface area contributed by atoms with Gasteiger partial charge in [0.05, 0.1) is 0 Å². The van der Waals surface area contributed by atoms with Gasteiger partial charge >= 0.3 is 0 Å². The van der Waals surface area contributed by atoms with Crippen molar-refractivity contribution in [1.29, 1.82) is 0 Å². The summed E-state index contributed by atoms with van der Waals surface area (Å²) in [4.78, 5) is 0. The standard InChI is InChI=1S/C18H20FNO/c1-11-5-4-6-14(12(11)2)18-10-16(20-3)15-9-13(19)7-8-17(15)21-18/h4-9,16,18,20H,10H2,1-3H3. The fraction of sp³-hybridized carbons (Fsp3) is 0.333. The molecule has 2 atom stereocenters. The molecule has 2 nitrogen and oxygen atoms in total. The van der Waals surface area contributed by atoms with Crippen LogP contribution in [0.1, 0.15) is 40.8 Å². The molecule has 0 amide bonds. The van der Waals surface area contributed by atoms with Crippen LogP contribution in [0.15, 0.2) is 36.4 Å². The van der Waals surface area contributed by atoms with E-state index in [1.807, 2.05) is 7.05 Å².